The van der Waals surface area contributed by atoms with Crippen molar-refractivity contribution in [1.82, 2.24) is 14.6 Å². The zero-order chi connectivity index (χ0) is 24.3. The first-order valence-corrected chi connectivity index (χ1v) is 11.9. The molecule has 0 aliphatic heterocycles. The average Bonchev–Trinajstić information content (AvgIpc) is 3.33. The summed E-state index contributed by atoms with van der Waals surface area (Å²) in [6.45, 7) is 2.09. The maximum atomic E-state index is 13.9. The molecule has 6 heteroatoms. The highest BCUT2D eigenvalue weighted by Crippen LogP contribution is 2.38. The molecule has 0 fully saturated rings. The van der Waals surface area contributed by atoms with Crippen molar-refractivity contribution in [3.63, 3.8) is 0 Å². The van der Waals surface area contributed by atoms with Gasteiger partial charge in [0.25, 0.3) is 0 Å². The minimum Gasteiger partial charge on any atom is -0.465 e. The van der Waals surface area contributed by atoms with E-state index in [1.165, 1.54) is 0 Å². The van der Waals surface area contributed by atoms with E-state index in [2.05, 4.69) is 4.98 Å². The lowest BCUT2D eigenvalue weighted by Crippen LogP contribution is -2.42. The second-order valence-electron chi connectivity index (χ2n) is 8.28. The normalized spacial score (nSPS) is 12.9. The van der Waals surface area contributed by atoms with E-state index in [9.17, 15) is 4.79 Å². The van der Waals surface area contributed by atoms with E-state index in [4.69, 9.17) is 21.4 Å². The smallest absolute Gasteiger partial charge is 0.323 e. The van der Waals surface area contributed by atoms with E-state index in [0.29, 0.717) is 22.8 Å². The molecule has 5 aromatic rings. The van der Waals surface area contributed by atoms with E-state index < -0.39 is 5.41 Å². The third-order valence-corrected chi connectivity index (χ3v) is 6.45. The van der Waals surface area contributed by atoms with E-state index in [1.807, 2.05) is 97.9 Å². The number of rotatable bonds is 7. The van der Waals surface area contributed by atoms with Gasteiger partial charge in [0, 0.05) is 16.8 Å². The molecular weight excluding hydrogens is 458 g/mol. The summed E-state index contributed by atoms with van der Waals surface area (Å²) in [7, 11) is 0. The Labute approximate surface area is 209 Å². The van der Waals surface area contributed by atoms with Gasteiger partial charge < -0.3 is 4.74 Å². The van der Waals surface area contributed by atoms with Crippen LogP contribution in [0.5, 0.6) is 0 Å². The van der Waals surface area contributed by atoms with Gasteiger partial charge in [0.15, 0.2) is 5.65 Å². The number of carbonyl (C=O) groups excluding carboxylic acids is 1. The molecular formula is C29H24ClN3O2. The number of aromatic nitrogens is 3. The third-order valence-electron chi connectivity index (χ3n) is 6.20. The van der Waals surface area contributed by atoms with Crippen LogP contribution in [0.2, 0.25) is 5.02 Å². The van der Waals surface area contributed by atoms with Crippen LogP contribution in [0.1, 0.15) is 23.7 Å². The summed E-state index contributed by atoms with van der Waals surface area (Å²) in [5.74, 6) is -0.328. The Morgan fingerprint density at radius 2 is 1.63 bits per heavy atom. The van der Waals surface area contributed by atoms with Gasteiger partial charge >= 0.3 is 5.97 Å². The Kier molecular flexibility index (Phi) is 6.34. The molecule has 0 spiro atoms. The highest BCUT2D eigenvalue weighted by atomic mass is 35.5. The average molecular weight is 482 g/mol. The summed E-state index contributed by atoms with van der Waals surface area (Å²) in [5.41, 5.74) is 3.85. The molecule has 2 aromatic heterocycles. The lowest BCUT2D eigenvalue weighted by Gasteiger charge is -2.32. The summed E-state index contributed by atoms with van der Waals surface area (Å²) in [6, 6.07) is 29.1. The number of hydrogen-bond donors (Lipinski definition) is 0. The number of carbonyl (C=O) groups is 1. The van der Waals surface area contributed by atoms with E-state index in [1.54, 1.807) is 16.9 Å². The lowest BCUT2D eigenvalue weighted by molar-refractivity contribution is -0.148. The van der Waals surface area contributed by atoms with E-state index >= 15 is 0 Å². The topological polar surface area (TPSA) is 56.5 Å². The standard InChI is InChI=1S/C29H24ClN3O2/c1-2-35-28(34)29(23-11-7-4-8-12-23,19-21-9-5-3-6-10-21)26-17-18-31-27-25(20-32-33(26)27)22-13-15-24(30)16-14-22/h3-18,20H,2,19H2,1H3. The van der Waals surface area contributed by atoms with Gasteiger partial charge in [-0.3, -0.25) is 4.79 Å². The quantitative estimate of drug-likeness (QED) is 0.262. The Bertz CT molecular complexity index is 1450. The number of esters is 1. The predicted molar refractivity (Wildman–Crippen MR) is 137 cm³/mol. The number of halogens is 1. The maximum absolute atomic E-state index is 13.9. The Balaban J connectivity index is 1.78. The van der Waals surface area contributed by atoms with Crippen molar-refractivity contribution in [2.75, 3.05) is 6.61 Å². The Morgan fingerprint density at radius 1 is 0.943 bits per heavy atom. The van der Waals surface area contributed by atoms with Gasteiger partial charge in [0.05, 0.1) is 18.5 Å². The van der Waals surface area contributed by atoms with Crippen LogP contribution in [-0.2, 0) is 21.4 Å². The van der Waals surface area contributed by atoms with Gasteiger partial charge in [0.1, 0.15) is 5.41 Å². The molecule has 0 aliphatic carbocycles. The monoisotopic (exact) mass is 481 g/mol. The molecule has 0 radical (unpaired) electrons. The summed E-state index contributed by atoms with van der Waals surface area (Å²) in [4.78, 5) is 18.6. The van der Waals surface area contributed by atoms with Crippen molar-refractivity contribution in [2.24, 2.45) is 0 Å². The second-order valence-corrected chi connectivity index (χ2v) is 8.72. The largest absolute Gasteiger partial charge is 0.465 e. The van der Waals surface area contributed by atoms with Crippen LogP contribution < -0.4 is 0 Å². The fraction of sp³-hybridized carbons (Fsp3) is 0.138. The van der Waals surface area contributed by atoms with Gasteiger partial charge in [-0.2, -0.15) is 5.10 Å². The van der Waals surface area contributed by atoms with Gasteiger partial charge in [-0.25, -0.2) is 9.50 Å². The van der Waals surface area contributed by atoms with Gasteiger partial charge in [0.2, 0.25) is 0 Å². The summed E-state index contributed by atoms with van der Waals surface area (Å²) in [5, 5.41) is 5.37. The van der Waals surface area contributed by atoms with E-state index in [-0.39, 0.29) is 12.6 Å². The van der Waals surface area contributed by atoms with Gasteiger partial charge in [-0.1, -0.05) is 84.4 Å². The highest BCUT2D eigenvalue weighted by molar-refractivity contribution is 6.30. The molecule has 5 rings (SSSR count). The number of nitrogens with zero attached hydrogens (tertiary/aromatic N) is 3. The number of fused-ring (bicyclic) bond motifs is 1. The van der Waals surface area contributed by atoms with Crippen LogP contribution in [0.25, 0.3) is 16.8 Å². The van der Waals surface area contributed by atoms with Crippen molar-refractivity contribution in [2.45, 2.75) is 18.8 Å². The van der Waals surface area contributed by atoms with Crippen molar-refractivity contribution in [3.8, 4) is 11.1 Å². The molecule has 35 heavy (non-hydrogen) atoms. The molecule has 1 atom stereocenters. The molecule has 0 bridgehead atoms. The first kappa shape index (κ1) is 22.8. The SMILES string of the molecule is CCOC(=O)C(Cc1ccccc1)(c1ccccc1)c1ccnc2c(-c3ccc(Cl)cc3)cnn12. The highest BCUT2D eigenvalue weighted by Gasteiger charge is 2.46. The fourth-order valence-electron chi connectivity index (χ4n) is 4.56. The molecule has 0 saturated heterocycles. The van der Waals surface area contributed by atoms with E-state index in [0.717, 1.165) is 22.3 Å². The van der Waals surface area contributed by atoms with Crippen LogP contribution in [-0.4, -0.2) is 27.2 Å². The molecule has 3 aromatic carbocycles. The van der Waals surface area contributed by atoms with Crippen LogP contribution >= 0.6 is 11.6 Å². The summed E-state index contributed by atoms with van der Waals surface area (Å²) >= 11 is 6.10. The maximum Gasteiger partial charge on any atom is 0.323 e. The first-order valence-electron chi connectivity index (χ1n) is 11.5. The molecule has 0 aliphatic rings. The zero-order valence-electron chi connectivity index (χ0n) is 19.3. The van der Waals surface area contributed by atoms with Crippen LogP contribution in [0.3, 0.4) is 0 Å². The zero-order valence-corrected chi connectivity index (χ0v) is 20.0. The van der Waals surface area contributed by atoms with Crippen molar-refractivity contribution < 1.29 is 9.53 Å². The number of hydrogen-bond acceptors (Lipinski definition) is 4. The van der Waals surface area contributed by atoms with Crippen LogP contribution in [0.15, 0.2) is 103 Å². The molecule has 1 unspecified atom stereocenters. The molecule has 174 valence electrons. The Hall–Kier alpha value is -3.96. The lowest BCUT2D eigenvalue weighted by atomic mass is 9.72. The van der Waals surface area contributed by atoms with Crippen molar-refractivity contribution >= 4 is 23.2 Å². The minimum absolute atomic E-state index is 0.269. The third kappa shape index (κ3) is 4.19. The second kappa shape index (κ2) is 9.72. The predicted octanol–water partition coefficient (Wildman–Crippen LogP) is 6.14. The fourth-order valence-corrected chi connectivity index (χ4v) is 4.69. The van der Waals surface area contributed by atoms with Gasteiger partial charge in [-0.05, 0) is 48.2 Å². The Morgan fingerprint density at radius 3 is 2.31 bits per heavy atom. The van der Waals surface area contributed by atoms with Crippen molar-refractivity contribution in [3.05, 3.63) is 125 Å². The molecule has 0 saturated carbocycles. The van der Waals surface area contributed by atoms with Crippen LogP contribution in [0, 0.1) is 0 Å². The summed E-state index contributed by atoms with van der Waals surface area (Å²) < 4.78 is 7.49. The minimum atomic E-state index is -1.14. The number of ether oxygens (including phenoxy) is 1. The molecule has 5 nitrogen and oxygen atoms in total. The van der Waals surface area contributed by atoms with Crippen LogP contribution in [0.4, 0.5) is 0 Å². The molecule has 2 heterocycles. The van der Waals surface area contributed by atoms with Crippen molar-refractivity contribution in [1.29, 1.82) is 0 Å². The number of benzene rings is 3. The van der Waals surface area contributed by atoms with Gasteiger partial charge in [-0.15, -0.1) is 0 Å². The molecule has 0 N–H and O–H groups in total. The first-order chi connectivity index (χ1) is 17.1. The summed E-state index contributed by atoms with van der Waals surface area (Å²) in [6.07, 6.45) is 3.91. The molecule has 0 amide bonds.